The maximum absolute atomic E-state index is 13.0. The minimum absolute atomic E-state index is 0.293. The highest BCUT2D eigenvalue weighted by molar-refractivity contribution is 5.19. The Kier molecular flexibility index (Phi) is 5.02. The van der Waals surface area contributed by atoms with Crippen LogP contribution in [0.15, 0.2) is 18.2 Å². The van der Waals surface area contributed by atoms with Gasteiger partial charge in [-0.3, -0.25) is 0 Å². The molecule has 0 aromatic heterocycles. The summed E-state index contributed by atoms with van der Waals surface area (Å²) in [6.45, 7) is 4.97. The van der Waals surface area contributed by atoms with Gasteiger partial charge in [-0.2, -0.15) is 0 Å². The van der Waals surface area contributed by atoms with Crippen molar-refractivity contribution in [1.29, 1.82) is 0 Å². The van der Waals surface area contributed by atoms with E-state index in [4.69, 9.17) is 0 Å². The zero-order valence-corrected chi connectivity index (χ0v) is 10.3. The molecular weight excluding hydrogens is 224 g/mol. The van der Waals surface area contributed by atoms with E-state index < -0.39 is 17.2 Å². The highest BCUT2D eigenvalue weighted by atomic mass is 19.2. The van der Waals surface area contributed by atoms with Crippen LogP contribution < -0.4 is 5.32 Å². The average molecular weight is 243 g/mol. The van der Waals surface area contributed by atoms with E-state index in [0.717, 1.165) is 25.1 Å². The number of rotatable bonds is 6. The lowest BCUT2D eigenvalue weighted by Gasteiger charge is -2.23. The van der Waals surface area contributed by atoms with Gasteiger partial charge in [-0.05, 0) is 37.6 Å². The molecule has 0 radical (unpaired) electrons. The lowest BCUT2D eigenvalue weighted by molar-refractivity contribution is 0.0603. The molecule has 1 aromatic carbocycles. The summed E-state index contributed by atoms with van der Waals surface area (Å²) in [6.07, 6.45) is 1.28. The zero-order chi connectivity index (χ0) is 12.9. The third-order valence-corrected chi connectivity index (χ3v) is 2.50. The fourth-order valence-electron chi connectivity index (χ4n) is 1.69. The summed E-state index contributed by atoms with van der Waals surface area (Å²) in [5.74, 6) is -1.74. The Hall–Kier alpha value is -1.00. The molecule has 1 unspecified atom stereocenters. The van der Waals surface area contributed by atoms with Crippen molar-refractivity contribution >= 4 is 0 Å². The lowest BCUT2D eigenvalue weighted by atomic mass is 9.96. The van der Waals surface area contributed by atoms with Crippen molar-refractivity contribution in [2.45, 2.75) is 32.3 Å². The first kappa shape index (κ1) is 14.1. The van der Waals surface area contributed by atoms with Gasteiger partial charge in [0.25, 0.3) is 0 Å². The molecule has 0 saturated heterocycles. The smallest absolute Gasteiger partial charge is 0.159 e. The molecular formula is C13H19F2NO. The molecule has 1 rings (SSSR count). The second-order valence-corrected chi connectivity index (χ2v) is 4.60. The van der Waals surface area contributed by atoms with Crippen molar-refractivity contribution in [3.05, 3.63) is 35.4 Å². The van der Waals surface area contributed by atoms with E-state index in [9.17, 15) is 13.9 Å². The predicted molar refractivity (Wildman–Crippen MR) is 63.8 cm³/mol. The summed E-state index contributed by atoms with van der Waals surface area (Å²) in [5.41, 5.74) is -0.369. The predicted octanol–water partition coefficient (Wildman–Crippen LogP) is 2.26. The average Bonchev–Trinajstić information content (AvgIpc) is 2.23. The highest BCUT2D eigenvalue weighted by Crippen LogP contribution is 2.15. The molecule has 1 atom stereocenters. The van der Waals surface area contributed by atoms with Gasteiger partial charge in [0.05, 0.1) is 5.60 Å². The van der Waals surface area contributed by atoms with E-state index in [2.05, 4.69) is 5.32 Å². The van der Waals surface area contributed by atoms with E-state index in [-0.39, 0.29) is 0 Å². The van der Waals surface area contributed by atoms with E-state index in [1.54, 1.807) is 6.92 Å². The van der Waals surface area contributed by atoms with Crippen molar-refractivity contribution in [1.82, 2.24) is 5.32 Å². The van der Waals surface area contributed by atoms with Crippen LogP contribution in [0.4, 0.5) is 8.78 Å². The van der Waals surface area contributed by atoms with Crippen molar-refractivity contribution in [2.24, 2.45) is 0 Å². The van der Waals surface area contributed by atoms with Crippen LogP contribution in [-0.2, 0) is 6.42 Å². The Bertz CT molecular complexity index is 366. The molecule has 96 valence electrons. The first-order valence-corrected chi connectivity index (χ1v) is 5.81. The summed E-state index contributed by atoms with van der Waals surface area (Å²) >= 11 is 0. The minimum Gasteiger partial charge on any atom is -0.389 e. The molecule has 17 heavy (non-hydrogen) atoms. The van der Waals surface area contributed by atoms with Crippen LogP contribution >= 0.6 is 0 Å². The van der Waals surface area contributed by atoms with E-state index in [1.807, 2.05) is 6.92 Å². The minimum atomic E-state index is -0.959. The van der Waals surface area contributed by atoms with Gasteiger partial charge in [-0.25, -0.2) is 8.78 Å². The second kappa shape index (κ2) is 6.07. The van der Waals surface area contributed by atoms with Crippen LogP contribution in [0, 0.1) is 11.6 Å². The number of hydrogen-bond acceptors (Lipinski definition) is 2. The third kappa shape index (κ3) is 4.79. The van der Waals surface area contributed by atoms with Crippen LogP contribution in [0.5, 0.6) is 0 Å². The second-order valence-electron chi connectivity index (χ2n) is 4.60. The first-order chi connectivity index (χ1) is 7.94. The fraction of sp³-hybridized carbons (Fsp3) is 0.538. The van der Waals surface area contributed by atoms with Crippen LogP contribution in [0.3, 0.4) is 0 Å². The molecule has 0 spiro atoms. The molecule has 1 aromatic rings. The largest absolute Gasteiger partial charge is 0.389 e. The molecule has 2 nitrogen and oxygen atoms in total. The SMILES string of the molecule is CCCNCC(C)(O)Cc1ccc(F)c(F)c1. The van der Waals surface area contributed by atoms with E-state index in [0.29, 0.717) is 18.5 Å². The topological polar surface area (TPSA) is 32.3 Å². The van der Waals surface area contributed by atoms with Crippen molar-refractivity contribution in [2.75, 3.05) is 13.1 Å². The van der Waals surface area contributed by atoms with Crippen molar-refractivity contribution in [3.63, 3.8) is 0 Å². The van der Waals surface area contributed by atoms with Gasteiger partial charge in [0.2, 0.25) is 0 Å². The molecule has 0 aliphatic carbocycles. The monoisotopic (exact) mass is 243 g/mol. The normalized spacial score (nSPS) is 14.6. The van der Waals surface area contributed by atoms with Gasteiger partial charge < -0.3 is 10.4 Å². The Morgan fingerprint density at radius 3 is 2.59 bits per heavy atom. The highest BCUT2D eigenvalue weighted by Gasteiger charge is 2.20. The summed E-state index contributed by atoms with van der Waals surface area (Å²) in [4.78, 5) is 0. The summed E-state index contributed by atoms with van der Waals surface area (Å²) < 4.78 is 25.7. The number of aliphatic hydroxyl groups is 1. The Morgan fingerprint density at radius 1 is 1.29 bits per heavy atom. The molecule has 0 amide bonds. The number of nitrogens with one attached hydrogen (secondary N) is 1. The van der Waals surface area contributed by atoms with E-state index in [1.165, 1.54) is 6.07 Å². The molecule has 0 heterocycles. The Morgan fingerprint density at radius 2 is 2.00 bits per heavy atom. The molecule has 2 N–H and O–H groups in total. The van der Waals surface area contributed by atoms with Crippen LogP contribution in [0.25, 0.3) is 0 Å². The fourth-order valence-corrected chi connectivity index (χ4v) is 1.69. The van der Waals surface area contributed by atoms with Gasteiger partial charge in [0.1, 0.15) is 0 Å². The molecule has 0 saturated carbocycles. The van der Waals surface area contributed by atoms with Gasteiger partial charge in [-0.15, -0.1) is 0 Å². The van der Waals surface area contributed by atoms with Gasteiger partial charge in [-0.1, -0.05) is 13.0 Å². The molecule has 0 bridgehead atoms. The van der Waals surface area contributed by atoms with Crippen LogP contribution in [0.1, 0.15) is 25.8 Å². The summed E-state index contributed by atoms with van der Waals surface area (Å²) in [7, 11) is 0. The molecule has 0 aliphatic rings. The maximum Gasteiger partial charge on any atom is 0.159 e. The number of halogens is 2. The quantitative estimate of drug-likeness (QED) is 0.751. The summed E-state index contributed by atoms with van der Waals surface area (Å²) in [6, 6.07) is 3.70. The van der Waals surface area contributed by atoms with Crippen molar-refractivity contribution < 1.29 is 13.9 Å². The van der Waals surface area contributed by atoms with E-state index >= 15 is 0 Å². The van der Waals surface area contributed by atoms with Gasteiger partial charge in [0.15, 0.2) is 11.6 Å². The molecule has 0 aliphatic heterocycles. The zero-order valence-electron chi connectivity index (χ0n) is 10.3. The molecule has 0 fully saturated rings. The van der Waals surface area contributed by atoms with Crippen LogP contribution in [0.2, 0.25) is 0 Å². The first-order valence-electron chi connectivity index (χ1n) is 5.81. The third-order valence-electron chi connectivity index (χ3n) is 2.50. The van der Waals surface area contributed by atoms with Crippen LogP contribution in [-0.4, -0.2) is 23.8 Å². The molecule has 4 heteroatoms. The van der Waals surface area contributed by atoms with Gasteiger partial charge in [0, 0.05) is 13.0 Å². The maximum atomic E-state index is 13.0. The standard InChI is InChI=1S/C13H19F2NO/c1-3-6-16-9-13(2,17)8-10-4-5-11(14)12(15)7-10/h4-5,7,16-17H,3,6,8-9H2,1-2H3. The Balaban J connectivity index is 2.59. The Labute approximate surface area is 101 Å². The number of hydrogen-bond donors (Lipinski definition) is 2. The lowest BCUT2D eigenvalue weighted by Crippen LogP contribution is -2.40. The van der Waals surface area contributed by atoms with Crippen molar-refractivity contribution in [3.8, 4) is 0 Å². The number of benzene rings is 1. The summed E-state index contributed by atoms with van der Waals surface area (Å²) in [5, 5.41) is 13.2. The van der Waals surface area contributed by atoms with Gasteiger partial charge >= 0.3 is 0 Å².